The number of rotatable bonds is 6. The lowest BCUT2D eigenvalue weighted by Gasteiger charge is -2.16. The zero-order valence-corrected chi connectivity index (χ0v) is 14.0. The molecule has 0 spiro atoms. The third kappa shape index (κ3) is 5.09. The molecule has 0 bridgehead atoms. The Morgan fingerprint density at radius 1 is 1.19 bits per heavy atom. The Morgan fingerprint density at radius 2 is 2.00 bits per heavy atom. The molecule has 2 aromatic carbocycles. The molecule has 0 fully saturated rings. The van der Waals surface area contributed by atoms with Gasteiger partial charge in [0.15, 0.2) is 0 Å². The van der Waals surface area contributed by atoms with Crippen LogP contribution in [0, 0.1) is 11.6 Å². The molecule has 0 saturated carbocycles. The molecule has 0 radical (unpaired) electrons. The zero-order chi connectivity index (χ0) is 15.2. The molecule has 2 aromatic rings. The summed E-state index contributed by atoms with van der Waals surface area (Å²) in [6.45, 7) is 0. The number of thioether (sulfide) groups is 1. The maximum atomic E-state index is 13.8. The molecule has 21 heavy (non-hydrogen) atoms. The molecular weight excluding hydrogens is 356 g/mol. The molecule has 0 aliphatic rings. The van der Waals surface area contributed by atoms with Crippen molar-refractivity contribution in [3.63, 3.8) is 0 Å². The van der Waals surface area contributed by atoms with E-state index in [-0.39, 0.29) is 17.7 Å². The average Bonchev–Trinajstić information content (AvgIpc) is 2.45. The molecule has 1 N–H and O–H groups in total. The molecule has 1 nitrogen and oxygen atoms in total. The van der Waals surface area contributed by atoms with Crippen LogP contribution in [0.1, 0.15) is 5.56 Å². The fourth-order valence-electron chi connectivity index (χ4n) is 1.95. The van der Waals surface area contributed by atoms with Gasteiger partial charge in [-0.15, -0.1) is 11.8 Å². The van der Waals surface area contributed by atoms with Crippen molar-refractivity contribution in [1.29, 1.82) is 0 Å². The van der Waals surface area contributed by atoms with E-state index < -0.39 is 0 Å². The Bertz CT molecular complexity index is 607. The summed E-state index contributed by atoms with van der Waals surface area (Å²) < 4.78 is 27.7. The molecule has 0 aliphatic heterocycles. The topological polar surface area (TPSA) is 12.0 Å². The third-order valence-corrected chi connectivity index (χ3v) is 4.79. The molecule has 0 aromatic heterocycles. The van der Waals surface area contributed by atoms with Crippen molar-refractivity contribution in [2.24, 2.45) is 0 Å². The van der Waals surface area contributed by atoms with Crippen molar-refractivity contribution in [3.8, 4) is 0 Å². The van der Waals surface area contributed by atoms with Crippen molar-refractivity contribution >= 4 is 27.7 Å². The van der Waals surface area contributed by atoms with Crippen LogP contribution >= 0.6 is 27.7 Å². The van der Waals surface area contributed by atoms with Crippen LogP contribution < -0.4 is 5.32 Å². The summed E-state index contributed by atoms with van der Waals surface area (Å²) in [5, 5.41) is 3.18. The third-order valence-electron chi connectivity index (χ3n) is 3.14. The normalized spacial score (nSPS) is 12.4. The van der Waals surface area contributed by atoms with E-state index in [1.807, 2.05) is 19.2 Å². The first-order valence-electron chi connectivity index (χ1n) is 6.58. The lowest BCUT2D eigenvalue weighted by molar-refractivity contribution is 0.568. The Balaban J connectivity index is 1.97. The number of hydrogen-bond acceptors (Lipinski definition) is 2. The molecule has 112 valence electrons. The van der Waals surface area contributed by atoms with Gasteiger partial charge in [-0.3, -0.25) is 0 Å². The Morgan fingerprint density at radius 3 is 2.67 bits per heavy atom. The van der Waals surface area contributed by atoms with Gasteiger partial charge in [0.05, 0.1) is 0 Å². The molecular formula is C16H16BrF2NS. The summed E-state index contributed by atoms with van der Waals surface area (Å²) in [6.07, 6.45) is 0.595. The smallest absolute Gasteiger partial charge is 0.127 e. The Labute approximate surface area is 136 Å². The number of hydrogen-bond donors (Lipinski definition) is 1. The molecule has 0 saturated heterocycles. The van der Waals surface area contributed by atoms with E-state index in [4.69, 9.17) is 0 Å². The molecule has 0 heterocycles. The highest BCUT2D eigenvalue weighted by Crippen LogP contribution is 2.22. The minimum Gasteiger partial charge on any atom is -0.316 e. The van der Waals surface area contributed by atoms with Gasteiger partial charge in [-0.2, -0.15) is 0 Å². The van der Waals surface area contributed by atoms with Gasteiger partial charge in [-0.05, 0) is 49.4 Å². The lowest BCUT2D eigenvalue weighted by atomic mass is 10.1. The van der Waals surface area contributed by atoms with E-state index in [9.17, 15) is 8.78 Å². The SMILES string of the molecule is CNC(CSc1cccc(F)c1)Cc1ccc(Br)cc1F. The van der Waals surface area contributed by atoms with Crippen LogP contribution in [0.15, 0.2) is 51.8 Å². The number of likely N-dealkylation sites (N-methyl/N-ethyl adjacent to an activating group) is 1. The summed E-state index contributed by atoms with van der Waals surface area (Å²) in [5.74, 6) is 0.301. The van der Waals surface area contributed by atoms with E-state index in [0.717, 1.165) is 15.1 Å². The van der Waals surface area contributed by atoms with Crippen LogP contribution in [0.3, 0.4) is 0 Å². The number of halogens is 3. The first-order chi connectivity index (χ1) is 10.1. The summed E-state index contributed by atoms with van der Waals surface area (Å²) in [4.78, 5) is 0.881. The molecule has 1 atom stereocenters. The first kappa shape index (κ1) is 16.5. The number of benzene rings is 2. The van der Waals surface area contributed by atoms with Crippen LogP contribution in [0.4, 0.5) is 8.78 Å². The molecule has 2 rings (SSSR count). The van der Waals surface area contributed by atoms with Gasteiger partial charge in [-0.1, -0.05) is 28.1 Å². The highest BCUT2D eigenvalue weighted by Gasteiger charge is 2.12. The van der Waals surface area contributed by atoms with Crippen molar-refractivity contribution in [1.82, 2.24) is 5.32 Å². The fraction of sp³-hybridized carbons (Fsp3) is 0.250. The quantitative estimate of drug-likeness (QED) is 0.741. The highest BCUT2D eigenvalue weighted by molar-refractivity contribution is 9.10. The number of nitrogens with one attached hydrogen (secondary N) is 1. The first-order valence-corrected chi connectivity index (χ1v) is 8.36. The second-order valence-corrected chi connectivity index (χ2v) is 6.70. The summed E-state index contributed by atoms with van der Waals surface area (Å²) in [7, 11) is 1.85. The molecule has 1 unspecified atom stereocenters. The summed E-state index contributed by atoms with van der Waals surface area (Å²) in [5.41, 5.74) is 0.678. The second kappa shape index (κ2) is 7.92. The standard InChI is InChI=1S/C16H16BrF2NS/c1-20-14(7-11-5-6-12(17)8-16(11)19)10-21-15-4-2-3-13(18)9-15/h2-6,8-9,14,20H,7,10H2,1H3. The van der Waals surface area contributed by atoms with E-state index in [2.05, 4.69) is 21.2 Å². The van der Waals surface area contributed by atoms with Gasteiger partial charge in [0.25, 0.3) is 0 Å². The van der Waals surface area contributed by atoms with Crippen molar-refractivity contribution in [3.05, 3.63) is 64.1 Å². The molecule has 0 aliphatic carbocycles. The Kier molecular flexibility index (Phi) is 6.21. The van der Waals surface area contributed by atoms with Crippen LogP contribution in [0.2, 0.25) is 0 Å². The Hall–Kier alpha value is -0.910. The van der Waals surface area contributed by atoms with Crippen LogP contribution in [-0.2, 0) is 6.42 Å². The van der Waals surface area contributed by atoms with Gasteiger partial charge >= 0.3 is 0 Å². The minimum absolute atomic E-state index is 0.119. The summed E-state index contributed by atoms with van der Waals surface area (Å²) in [6, 6.07) is 11.7. The zero-order valence-electron chi connectivity index (χ0n) is 11.6. The van der Waals surface area contributed by atoms with E-state index in [0.29, 0.717) is 12.0 Å². The van der Waals surface area contributed by atoms with Gasteiger partial charge in [-0.25, -0.2) is 8.78 Å². The van der Waals surface area contributed by atoms with Crippen LogP contribution in [0.5, 0.6) is 0 Å². The van der Waals surface area contributed by atoms with Gasteiger partial charge in [0, 0.05) is 21.2 Å². The fourth-order valence-corrected chi connectivity index (χ4v) is 3.33. The van der Waals surface area contributed by atoms with Crippen molar-refractivity contribution < 1.29 is 8.78 Å². The van der Waals surface area contributed by atoms with E-state index >= 15 is 0 Å². The van der Waals surface area contributed by atoms with Crippen molar-refractivity contribution in [2.45, 2.75) is 17.4 Å². The lowest BCUT2D eigenvalue weighted by Crippen LogP contribution is -2.30. The van der Waals surface area contributed by atoms with Crippen molar-refractivity contribution in [2.75, 3.05) is 12.8 Å². The van der Waals surface area contributed by atoms with Crippen LogP contribution in [0.25, 0.3) is 0 Å². The second-order valence-electron chi connectivity index (χ2n) is 4.69. The molecule has 5 heteroatoms. The largest absolute Gasteiger partial charge is 0.316 e. The van der Waals surface area contributed by atoms with Gasteiger partial charge in [0.1, 0.15) is 11.6 Å². The van der Waals surface area contributed by atoms with Crippen LogP contribution in [-0.4, -0.2) is 18.8 Å². The predicted molar refractivity (Wildman–Crippen MR) is 87.8 cm³/mol. The summed E-state index contributed by atoms with van der Waals surface area (Å²) >= 11 is 4.81. The average molecular weight is 372 g/mol. The molecule has 0 amide bonds. The van der Waals surface area contributed by atoms with E-state index in [1.165, 1.54) is 18.2 Å². The minimum atomic E-state index is -0.236. The maximum Gasteiger partial charge on any atom is 0.127 e. The van der Waals surface area contributed by atoms with Gasteiger partial charge < -0.3 is 5.32 Å². The van der Waals surface area contributed by atoms with Gasteiger partial charge in [0.2, 0.25) is 0 Å². The highest BCUT2D eigenvalue weighted by atomic mass is 79.9. The monoisotopic (exact) mass is 371 g/mol. The van der Waals surface area contributed by atoms with E-state index in [1.54, 1.807) is 23.9 Å². The maximum absolute atomic E-state index is 13.8. The predicted octanol–water partition coefficient (Wildman–Crippen LogP) is 4.65.